The highest BCUT2D eigenvalue weighted by Gasteiger charge is 2.17. The van der Waals surface area contributed by atoms with Crippen molar-refractivity contribution in [2.24, 2.45) is 0 Å². The zero-order chi connectivity index (χ0) is 23.4. The highest BCUT2D eigenvalue weighted by Crippen LogP contribution is 2.25. The van der Waals surface area contributed by atoms with Crippen molar-refractivity contribution < 1.29 is 14.3 Å². The zero-order valence-electron chi connectivity index (χ0n) is 18.7. The topological polar surface area (TPSA) is 83.2 Å². The maximum Gasteiger partial charge on any atom is 0.272 e. The minimum Gasteiger partial charge on any atom is -0.497 e. The average Bonchev–Trinajstić information content (AvgIpc) is 3.22. The SMILES string of the molecule is COc1ccc2[nH]cc(C=C(NC(=O)c3ccccc3)C(=O)Nc3ccc(C)cc3C)c2c1. The molecular formula is C27H25N3O3. The van der Waals surface area contributed by atoms with Crippen molar-refractivity contribution in [1.82, 2.24) is 10.3 Å². The monoisotopic (exact) mass is 439 g/mol. The van der Waals surface area contributed by atoms with Crippen LogP contribution in [0.3, 0.4) is 0 Å². The zero-order valence-corrected chi connectivity index (χ0v) is 18.7. The van der Waals surface area contributed by atoms with Gasteiger partial charge in [-0.1, -0.05) is 35.9 Å². The molecule has 0 unspecified atom stereocenters. The normalized spacial score (nSPS) is 11.3. The predicted molar refractivity (Wildman–Crippen MR) is 131 cm³/mol. The molecule has 4 rings (SSSR count). The number of fused-ring (bicyclic) bond motifs is 1. The fourth-order valence-corrected chi connectivity index (χ4v) is 3.61. The maximum atomic E-state index is 13.3. The number of rotatable bonds is 6. The number of carbonyl (C=O) groups is 2. The first-order valence-electron chi connectivity index (χ1n) is 10.6. The Bertz CT molecular complexity index is 1350. The third-order valence-electron chi connectivity index (χ3n) is 5.38. The van der Waals surface area contributed by atoms with E-state index < -0.39 is 5.91 Å². The van der Waals surface area contributed by atoms with Gasteiger partial charge in [-0.2, -0.15) is 0 Å². The lowest BCUT2D eigenvalue weighted by atomic mass is 10.1. The number of aromatic amines is 1. The fourth-order valence-electron chi connectivity index (χ4n) is 3.61. The van der Waals surface area contributed by atoms with Crippen LogP contribution in [0, 0.1) is 13.8 Å². The predicted octanol–water partition coefficient (Wildman–Crippen LogP) is 5.20. The number of methoxy groups -OCH3 is 1. The van der Waals surface area contributed by atoms with Crippen molar-refractivity contribution in [3.05, 3.63) is 101 Å². The van der Waals surface area contributed by atoms with Crippen LogP contribution in [0.5, 0.6) is 5.75 Å². The Labute approximate surface area is 192 Å². The van der Waals surface area contributed by atoms with E-state index in [1.807, 2.05) is 56.3 Å². The number of amides is 2. The number of aryl methyl sites for hydroxylation is 2. The molecule has 3 aromatic carbocycles. The molecule has 0 radical (unpaired) electrons. The molecular weight excluding hydrogens is 414 g/mol. The van der Waals surface area contributed by atoms with Crippen LogP contribution in [-0.2, 0) is 4.79 Å². The third kappa shape index (κ3) is 4.96. The van der Waals surface area contributed by atoms with Gasteiger partial charge in [-0.3, -0.25) is 9.59 Å². The number of benzene rings is 3. The minimum absolute atomic E-state index is 0.132. The molecule has 0 saturated heterocycles. The van der Waals surface area contributed by atoms with Crippen molar-refractivity contribution in [1.29, 1.82) is 0 Å². The van der Waals surface area contributed by atoms with Crippen LogP contribution in [0.1, 0.15) is 27.0 Å². The van der Waals surface area contributed by atoms with E-state index in [-0.39, 0.29) is 11.6 Å². The summed E-state index contributed by atoms with van der Waals surface area (Å²) in [6.07, 6.45) is 3.46. The molecule has 3 N–H and O–H groups in total. The van der Waals surface area contributed by atoms with Crippen molar-refractivity contribution in [2.75, 3.05) is 12.4 Å². The number of ether oxygens (including phenoxy) is 1. The van der Waals surface area contributed by atoms with Gasteiger partial charge in [0.1, 0.15) is 11.4 Å². The van der Waals surface area contributed by atoms with Crippen LogP contribution >= 0.6 is 0 Å². The molecule has 0 fully saturated rings. The average molecular weight is 440 g/mol. The smallest absolute Gasteiger partial charge is 0.272 e. The lowest BCUT2D eigenvalue weighted by Gasteiger charge is -2.13. The second-order valence-corrected chi connectivity index (χ2v) is 7.81. The standard InChI is InChI=1S/C27H25N3O3/c1-17-9-11-23(18(2)13-17)29-27(32)25(30-26(31)19-7-5-4-6-8-19)14-20-16-28-24-12-10-21(33-3)15-22(20)24/h4-16,28H,1-3H3,(H,29,32)(H,30,31). The number of nitrogens with one attached hydrogen (secondary N) is 3. The number of hydrogen-bond donors (Lipinski definition) is 3. The molecule has 33 heavy (non-hydrogen) atoms. The number of hydrogen-bond acceptors (Lipinski definition) is 3. The van der Waals surface area contributed by atoms with Gasteiger partial charge in [0.2, 0.25) is 0 Å². The Hall–Kier alpha value is -4.32. The van der Waals surface area contributed by atoms with Crippen molar-refractivity contribution in [2.45, 2.75) is 13.8 Å². The minimum atomic E-state index is -0.413. The molecule has 0 saturated carbocycles. The van der Waals surface area contributed by atoms with Gasteiger partial charge >= 0.3 is 0 Å². The van der Waals surface area contributed by atoms with Crippen LogP contribution < -0.4 is 15.4 Å². The lowest BCUT2D eigenvalue weighted by Crippen LogP contribution is -2.30. The van der Waals surface area contributed by atoms with Gasteiger partial charge in [-0.05, 0) is 61.9 Å². The van der Waals surface area contributed by atoms with Crippen molar-refractivity contribution in [3.8, 4) is 5.75 Å². The molecule has 1 aromatic heterocycles. The summed E-state index contributed by atoms with van der Waals surface area (Å²) in [6.45, 7) is 3.93. The summed E-state index contributed by atoms with van der Waals surface area (Å²) >= 11 is 0. The lowest BCUT2D eigenvalue weighted by molar-refractivity contribution is -0.113. The molecule has 6 heteroatoms. The summed E-state index contributed by atoms with van der Waals surface area (Å²) < 4.78 is 5.34. The Balaban J connectivity index is 1.72. The quantitative estimate of drug-likeness (QED) is 0.361. The van der Waals surface area contributed by atoms with Crippen LogP contribution in [0.25, 0.3) is 17.0 Å². The first-order chi connectivity index (χ1) is 15.9. The summed E-state index contributed by atoms with van der Waals surface area (Å²) in [4.78, 5) is 29.3. The molecule has 0 atom stereocenters. The Morgan fingerprint density at radius 1 is 0.970 bits per heavy atom. The van der Waals surface area contributed by atoms with Gasteiger partial charge in [-0.25, -0.2) is 0 Å². The van der Waals surface area contributed by atoms with E-state index in [1.165, 1.54) is 0 Å². The molecule has 0 aliphatic carbocycles. The van der Waals surface area contributed by atoms with Gasteiger partial charge < -0.3 is 20.4 Å². The number of aromatic nitrogens is 1. The Morgan fingerprint density at radius 2 is 1.76 bits per heavy atom. The van der Waals surface area contributed by atoms with Crippen molar-refractivity contribution in [3.63, 3.8) is 0 Å². The van der Waals surface area contributed by atoms with Crippen LogP contribution in [0.15, 0.2) is 78.6 Å². The highest BCUT2D eigenvalue weighted by molar-refractivity contribution is 6.11. The number of anilines is 1. The fraction of sp³-hybridized carbons (Fsp3) is 0.111. The molecule has 2 amide bonds. The number of carbonyl (C=O) groups excluding carboxylic acids is 2. The Kier molecular flexibility index (Phi) is 6.26. The van der Waals surface area contributed by atoms with Gasteiger partial charge in [0.05, 0.1) is 7.11 Å². The molecule has 4 aromatic rings. The van der Waals surface area contributed by atoms with E-state index in [0.717, 1.165) is 27.6 Å². The van der Waals surface area contributed by atoms with E-state index in [4.69, 9.17) is 4.74 Å². The third-order valence-corrected chi connectivity index (χ3v) is 5.38. The summed E-state index contributed by atoms with van der Waals surface area (Å²) in [6, 6.07) is 20.2. The number of H-pyrrole nitrogens is 1. The van der Waals surface area contributed by atoms with Crippen molar-refractivity contribution >= 4 is 34.5 Å². The highest BCUT2D eigenvalue weighted by atomic mass is 16.5. The van der Waals surface area contributed by atoms with Crippen LogP contribution in [0.4, 0.5) is 5.69 Å². The summed E-state index contributed by atoms with van der Waals surface area (Å²) in [5, 5.41) is 6.58. The van der Waals surface area contributed by atoms with E-state index >= 15 is 0 Å². The van der Waals surface area contributed by atoms with E-state index in [2.05, 4.69) is 15.6 Å². The molecule has 166 valence electrons. The summed E-state index contributed by atoms with van der Waals surface area (Å²) in [7, 11) is 1.60. The molecule has 0 bridgehead atoms. The largest absolute Gasteiger partial charge is 0.497 e. The molecule has 0 aliphatic rings. The molecule has 0 spiro atoms. The van der Waals surface area contributed by atoms with Crippen LogP contribution in [-0.4, -0.2) is 23.9 Å². The van der Waals surface area contributed by atoms with Gasteiger partial charge in [0.25, 0.3) is 11.8 Å². The first kappa shape index (κ1) is 21.9. The Morgan fingerprint density at radius 3 is 2.48 bits per heavy atom. The molecule has 6 nitrogen and oxygen atoms in total. The van der Waals surface area contributed by atoms with Gasteiger partial charge in [0.15, 0.2) is 0 Å². The molecule has 1 heterocycles. The van der Waals surface area contributed by atoms with E-state index in [0.29, 0.717) is 17.0 Å². The van der Waals surface area contributed by atoms with Gasteiger partial charge in [-0.15, -0.1) is 0 Å². The second-order valence-electron chi connectivity index (χ2n) is 7.81. The van der Waals surface area contributed by atoms with E-state index in [1.54, 1.807) is 43.6 Å². The second kappa shape index (κ2) is 9.44. The maximum absolute atomic E-state index is 13.3. The summed E-state index contributed by atoms with van der Waals surface area (Å²) in [5.41, 5.74) is 4.97. The summed E-state index contributed by atoms with van der Waals surface area (Å²) in [5.74, 6) is -0.0788. The van der Waals surface area contributed by atoms with Gasteiger partial charge in [0, 0.05) is 33.9 Å². The first-order valence-corrected chi connectivity index (χ1v) is 10.6. The van der Waals surface area contributed by atoms with Crippen LogP contribution in [0.2, 0.25) is 0 Å². The van der Waals surface area contributed by atoms with E-state index in [9.17, 15) is 9.59 Å². The molecule has 0 aliphatic heterocycles.